The maximum Gasteiger partial charge on any atom is 0.227 e. The first-order valence-electron chi connectivity index (χ1n) is 6.37. The number of aromatic nitrogens is 2. The van der Waals surface area contributed by atoms with Crippen LogP contribution < -0.4 is 5.32 Å². The number of nitrogens with zero attached hydrogens (tertiary/aromatic N) is 3. The molecule has 2 rings (SSSR count). The molecule has 17 heavy (non-hydrogen) atoms. The molecule has 0 radical (unpaired) electrons. The highest BCUT2D eigenvalue weighted by atomic mass is 16.5. The second-order valence-corrected chi connectivity index (χ2v) is 5.20. The molecule has 2 heterocycles. The fraction of sp³-hybridized carbons (Fsp3) is 0.833. The van der Waals surface area contributed by atoms with E-state index in [9.17, 15) is 0 Å². The summed E-state index contributed by atoms with van der Waals surface area (Å²) in [5, 5.41) is 7.26. The van der Waals surface area contributed by atoms with Gasteiger partial charge in [-0.15, -0.1) is 0 Å². The molecule has 1 aliphatic heterocycles. The standard InChI is InChI=1S/C12H22N4O/c1-4-12(3)8-16(10(2)7-14-12)6-5-11-13-9-15-17-11/h9-10,14H,4-8H2,1-3H3. The Bertz CT molecular complexity index is 340. The van der Waals surface area contributed by atoms with Gasteiger partial charge >= 0.3 is 0 Å². The van der Waals surface area contributed by atoms with E-state index >= 15 is 0 Å². The van der Waals surface area contributed by atoms with Crippen molar-refractivity contribution in [1.82, 2.24) is 20.4 Å². The van der Waals surface area contributed by atoms with Gasteiger partial charge in [-0.2, -0.15) is 4.98 Å². The van der Waals surface area contributed by atoms with E-state index in [1.165, 1.54) is 6.33 Å². The summed E-state index contributed by atoms with van der Waals surface area (Å²) in [4.78, 5) is 6.57. The first kappa shape index (κ1) is 12.5. The van der Waals surface area contributed by atoms with Crippen molar-refractivity contribution in [2.45, 2.75) is 45.2 Å². The highest BCUT2D eigenvalue weighted by molar-refractivity contribution is 4.93. The topological polar surface area (TPSA) is 54.2 Å². The molecule has 0 saturated carbocycles. The van der Waals surface area contributed by atoms with Crippen molar-refractivity contribution in [3.8, 4) is 0 Å². The van der Waals surface area contributed by atoms with Crippen molar-refractivity contribution in [2.24, 2.45) is 0 Å². The molecule has 1 aliphatic rings. The van der Waals surface area contributed by atoms with Crippen LogP contribution in [0.1, 0.15) is 33.1 Å². The van der Waals surface area contributed by atoms with Gasteiger partial charge in [-0.1, -0.05) is 12.1 Å². The van der Waals surface area contributed by atoms with Gasteiger partial charge in [-0.3, -0.25) is 4.90 Å². The SMILES string of the molecule is CCC1(C)CN(CCc2ncno2)C(C)CN1. The molecule has 1 fully saturated rings. The Morgan fingerprint density at radius 2 is 2.47 bits per heavy atom. The zero-order chi connectivity index (χ0) is 12.3. The largest absolute Gasteiger partial charge is 0.340 e. The summed E-state index contributed by atoms with van der Waals surface area (Å²) in [6.45, 7) is 9.90. The van der Waals surface area contributed by atoms with Crippen LogP contribution in [-0.4, -0.2) is 46.3 Å². The van der Waals surface area contributed by atoms with Crippen LogP contribution >= 0.6 is 0 Å². The van der Waals surface area contributed by atoms with E-state index in [2.05, 4.69) is 41.1 Å². The van der Waals surface area contributed by atoms with Gasteiger partial charge in [0.1, 0.15) is 0 Å². The number of hydrogen-bond acceptors (Lipinski definition) is 5. The summed E-state index contributed by atoms with van der Waals surface area (Å²) in [6.07, 6.45) is 3.45. The van der Waals surface area contributed by atoms with Gasteiger partial charge < -0.3 is 9.84 Å². The molecule has 1 saturated heterocycles. The number of piperazine rings is 1. The molecule has 0 bridgehead atoms. The molecule has 1 aromatic heterocycles. The van der Waals surface area contributed by atoms with Crippen LogP contribution in [0.15, 0.2) is 10.9 Å². The van der Waals surface area contributed by atoms with E-state index in [1.807, 2.05) is 0 Å². The fourth-order valence-electron chi connectivity index (χ4n) is 2.26. The monoisotopic (exact) mass is 238 g/mol. The third kappa shape index (κ3) is 3.04. The molecule has 0 aromatic carbocycles. The Morgan fingerprint density at radius 1 is 1.65 bits per heavy atom. The van der Waals surface area contributed by atoms with Gasteiger partial charge in [0.25, 0.3) is 0 Å². The zero-order valence-corrected chi connectivity index (χ0v) is 10.9. The number of hydrogen-bond donors (Lipinski definition) is 1. The van der Waals surface area contributed by atoms with E-state index in [4.69, 9.17) is 4.52 Å². The maximum absolute atomic E-state index is 5.03. The lowest BCUT2D eigenvalue weighted by Gasteiger charge is -2.44. The summed E-state index contributed by atoms with van der Waals surface area (Å²) in [5.41, 5.74) is 0.237. The van der Waals surface area contributed by atoms with Crippen molar-refractivity contribution in [3.05, 3.63) is 12.2 Å². The normalized spacial score (nSPS) is 30.6. The van der Waals surface area contributed by atoms with Gasteiger partial charge in [-0.25, -0.2) is 0 Å². The van der Waals surface area contributed by atoms with Crippen LogP contribution in [0.3, 0.4) is 0 Å². The van der Waals surface area contributed by atoms with Gasteiger partial charge in [-0.05, 0) is 20.3 Å². The Morgan fingerprint density at radius 3 is 3.12 bits per heavy atom. The quantitative estimate of drug-likeness (QED) is 0.850. The van der Waals surface area contributed by atoms with Crippen LogP contribution in [-0.2, 0) is 6.42 Å². The van der Waals surface area contributed by atoms with Crippen molar-refractivity contribution in [1.29, 1.82) is 0 Å². The molecule has 5 heteroatoms. The maximum atomic E-state index is 5.03. The van der Waals surface area contributed by atoms with Crippen molar-refractivity contribution in [3.63, 3.8) is 0 Å². The van der Waals surface area contributed by atoms with Crippen LogP contribution in [0.4, 0.5) is 0 Å². The molecule has 5 nitrogen and oxygen atoms in total. The molecule has 0 aliphatic carbocycles. The highest BCUT2D eigenvalue weighted by Crippen LogP contribution is 2.18. The molecule has 1 N–H and O–H groups in total. The van der Waals surface area contributed by atoms with E-state index in [0.717, 1.165) is 38.4 Å². The summed E-state index contributed by atoms with van der Waals surface area (Å²) >= 11 is 0. The first-order chi connectivity index (χ1) is 8.13. The Labute approximate surface area is 103 Å². The fourth-order valence-corrected chi connectivity index (χ4v) is 2.26. The van der Waals surface area contributed by atoms with Crippen molar-refractivity contribution in [2.75, 3.05) is 19.6 Å². The summed E-state index contributed by atoms with van der Waals surface area (Å²) in [6, 6.07) is 0.567. The average Bonchev–Trinajstić information content (AvgIpc) is 2.84. The Hall–Kier alpha value is -0.940. The van der Waals surface area contributed by atoms with Crippen LogP contribution in [0.2, 0.25) is 0 Å². The second-order valence-electron chi connectivity index (χ2n) is 5.20. The van der Waals surface area contributed by atoms with Gasteiger partial charge in [0.2, 0.25) is 5.89 Å². The van der Waals surface area contributed by atoms with Gasteiger partial charge in [0.05, 0.1) is 0 Å². The second kappa shape index (κ2) is 5.14. The molecular weight excluding hydrogens is 216 g/mol. The van der Waals surface area contributed by atoms with Crippen LogP contribution in [0.25, 0.3) is 0 Å². The van der Waals surface area contributed by atoms with Gasteiger partial charge in [0, 0.05) is 37.6 Å². The predicted molar refractivity (Wildman–Crippen MR) is 65.7 cm³/mol. The van der Waals surface area contributed by atoms with Crippen LogP contribution in [0, 0.1) is 0 Å². The zero-order valence-electron chi connectivity index (χ0n) is 10.9. The Kier molecular flexibility index (Phi) is 3.79. The molecule has 0 amide bonds. The molecule has 0 spiro atoms. The molecule has 1 aromatic rings. The first-order valence-corrected chi connectivity index (χ1v) is 6.37. The lowest BCUT2D eigenvalue weighted by Crippen LogP contribution is -2.62. The van der Waals surface area contributed by atoms with Crippen molar-refractivity contribution >= 4 is 0 Å². The highest BCUT2D eigenvalue weighted by Gasteiger charge is 2.32. The summed E-state index contributed by atoms with van der Waals surface area (Å²) in [5.74, 6) is 0.730. The summed E-state index contributed by atoms with van der Waals surface area (Å²) < 4.78 is 5.03. The number of rotatable bonds is 4. The van der Waals surface area contributed by atoms with Crippen LogP contribution in [0.5, 0.6) is 0 Å². The van der Waals surface area contributed by atoms with E-state index in [0.29, 0.717) is 6.04 Å². The smallest absolute Gasteiger partial charge is 0.227 e. The summed E-state index contributed by atoms with van der Waals surface area (Å²) in [7, 11) is 0. The van der Waals surface area contributed by atoms with E-state index in [-0.39, 0.29) is 5.54 Å². The molecular formula is C12H22N4O. The third-order valence-corrected chi connectivity index (χ3v) is 3.80. The van der Waals surface area contributed by atoms with E-state index < -0.39 is 0 Å². The molecule has 2 atom stereocenters. The average molecular weight is 238 g/mol. The predicted octanol–water partition coefficient (Wildman–Crippen LogP) is 1.07. The van der Waals surface area contributed by atoms with Gasteiger partial charge in [0.15, 0.2) is 6.33 Å². The Balaban J connectivity index is 1.89. The minimum atomic E-state index is 0.237. The van der Waals surface area contributed by atoms with Crippen molar-refractivity contribution < 1.29 is 4.52 Å². The minimum absolute atomic E-state index is 0.237. The third-order valence-electron chi connectivity index (χ3n) is 3.80. The molecule has 96 valence electrons. The number of nitrogens with one attached hydrogen (secondary N) is 1. The lowest BCUT2D eigenvalue weighted by molar-refractivity contribution is 0.0921. The molecule has 2 unspecified atom stereocenters. The lowest BCUT2D eigenvalue weighted by atomic mass is 9.94. The van der Waals surface area contributed by atoms with E-state index in [1.54, 1.807) is 0 Å². The minimum Gasteiger partial charge on any atom is -0.340 e.